The van der Waals surface area contributed by atoms with Gasteiger partial charge in [-0.05, 0) is 40.2 Å². The van der Waals surface area contributed by atoms with Crippen LogP contribution in [0.15, 0.2) is 41.0 Å². The minimum atomic E-state index is -1.07. The van der Waals surface area contributed by atoms with Gasteiger partial charge < -0.3 is 4.74 Å². The predicted octanol–water partition coefficient (Wildman–Crippen LogP) is 4.60. The summed E-state index contributed by atoms with van der Waals surface area (Å²) in [6.45, 7) is 0. The van der Waals surface area contributed by atoms with Crippen LogP contribution in [-0.4, -0.2) is 9.97 Å². The number of rotatable bonds is 2. The zero-order chi connectivity index (χ0) is 15.0. The summed E-state index contributed by atoms with van der Waals surface area (Å²) in [5.41, 5.74) is -0.0559. The maximum atomic E-state index is 13.5. The van der Waals surface area contributed by atoms with Crippen molar-refractivity contribution in [2.75, 3.05) is 0 Å². The van der Waals surface area contributed by atoms with E-state index in [2.05, 4.69) is 25.9 Å². The van der Waals surface area contributed by atoms with Crippen LogP contribution in [0.25, 0.3) is 11.0 Å². The molecule has 0 aliphatic carbocycles. The lowest BCUT2D eigenvalue weighted by Crippen LogP contribution is -1.95. The summed E-state index contributed by atoms with van der Waals surface area (Å²) < 4.78 is 45.5. The maximum absolute atomic E-state index is 13.5. The van der Waals surface area contributed by atoms with Crippen molar-refractivity contribution < 1.29 is 17.9 Å². The van der Waals surface area contributed by atoms with Crippen molar-refractivity contribution in [1.82, 2.24) is 9.97 Å². The molecule has 0 bridgehead atoms. The second-order valence-electron chi connectivity index (χ2n) is 4.09. The molecule has 3 rings (SSSR count). The molecule has 0 aliphatic rings. The lowest BCUT2D eigenvalue weighted by molar-refractivity contribution is 0.453. The molecule has 0 saturated carbocycles. The minimum absolute atomic E-state index is 0.0415. The van der Waals surface area contributed by atoms with Gasteiger partial charge in [0, 0.05) is 0 Å². The SMILES string of the molecule is Fc1cccc(Oc2cnc3c(F)c(F)ccc3n2)c1Br. The van der Waals surface area contributed by atoms with Crippen molar-refractivity contribution in [3.8, 4) is 11.6 Å². The molecule has 0 aliphatic heterocycles. The quantitative estimate of drug-likeness (QED) is 0.674. The van der Waals surface area contributed by atoms with Gasteiger partial charge in [0.1, 0.15) is 17.1 Å². The summed E-state index contributed by atoms with van der Waals surface area (Å²) in [5, 5.41) is 0. The van der Waals surface area contributed by atoms with Crippen LogP contribution in [0.3, 0.4) is 0 Å². The number of hydrogen-bond donors (Lipinski definition) is 0. The monoisotopic (exact) mass is 354 g/mol. The molecule has 3 nitrogen and oxygen atoms in total. The van der Waals surface area contributed by atoms with Gasteiger partial charge in [-0.2, -0.15) is 0 Å². The van der Waals surface area contributed by atoms with Crippen molar-refractivity contribution in [2.45, 2.75) is 0 Å². The highest BCUT2D eigenvalue weighted by Crippen LogP contribution is 2.31. The van der Waals surface area contributed by atoms with Crippen molar-refractivity contribution in [1.29, 1.82) is 0 Å². The van der Waals surface area contributed by atoms with Gasteiger partial charge in [-0.25, -0.2) is 23.1 Å². The fourth-order valence-corrected chi connectivity index (χ4v) is 2.08. The zero-order valence-electron chi connectivity index (χ0n) is 10.3. The van der Waals surface area contributed by atoms with Crippen LogP contribution in [0.4, 0.5) is 13.2 Å². The predicted molar refractivity (Wildman–Crippen MR) is 73.6 cm³/mol. The molecule has 0 atom stereocenters. The Morgan fingerprint density at radius 1 is 1.00 bits per heavy atom. The van der Waals surface area contributed by atoms with Crippen LogP contribution < -0.4 is 4.74 Å². The van der Waals surface area contributed by atoms with Crippen LogP contribution in [-0.2, 0) is 0 Å². The normalized spacial score (nSPS) is 10.9. The molecule has 0 unspecified atom stereocenters. The highest BCUT2D eigenvalue weighted by molar-refractivity contribution is 9.10. The second kappa shape index (κ2) is 5.33. The number of ether oxygens (including phenoxy) is 1. The number of fused-ring (bicyclic) bond motifs is 1. The summed E-state index contributed by atoms with van der Waals surface area (Å²) in [6.07, 6.45) is 1.14. The Labute approximate surface area is 125 Å². The van der Waals surface area contributed by atoms with Gasteiger partial charge in [-0.3, -0.25) is 0 Å². The number of benzene rings is 2. The van der Waals surface area contributed by atoms with Gasteiger partial charge in [0.15, 0.2) is 11.6 Å². The zero-order valence-corrected chi connectivity index (χ0v) is 11.9. The van der Waals surface area contributed by atoms with Crippen LogP contribution in [0.2, 0.25) is 0 Å². The lowest BCUT2D eigenvalue weighted by atomic mass is 10.3. The van der Waals surface area contributed by atoms with Gasteiger partial charge in [0.2, 0.25) is 5.88 Å². The fourth-order valence-electron chi connectivity index (χ4n) is 1.73. The van der Waals surface area contributed by atoms with Crippen molar-refractivity contribution >= 4 is 27.0 Å². The number of aromatic nitrogens is 2. The molecule has 106 valence electrons. The first-order valence-electron chi connectivity index (χ1n) is 5.79. The van der Waals surface area contributed by atoms with E-state index in [4.69, 9.17) is 4.74 Å². The first kappa shape index (κ1) is 13.8. The van der Waals surface area contributed by atoms with Crippen molar-refractivity contribution in [3.05, 3.63) is 58.5 Å². The van der Waals surface area contributed by atoms with E-state index in [0.717, 1.165) is 12.3 Å². The molecule has 2 aromatic carbocycles. The molecule has 0 fully saturated rings. The molecule has 7 heteroatoms. The van der Waals surface area contributed by atoms with Gasteiger partial charge >= 0.3 is 0 Å². The average molecular weight is 355 g/mol. The van der Waals surface area contributed by atoms with Crippen LogP contribution in [0, 0.1) is 17.5 Å². The lowest BCUT2D eigenvalue weighted by Gasteiger charge is -2.08. The van der Waals surface area contributed by atoms with E-state index < -0.39 is 17.5 Å². The molecule has 0 spiro atoms. The second-order valence-corrected chi connectivity index (χ2v) is 4.88. The smallest absolute Gasteiger partial charge is 0.238 e. The summed E-state index contributed by atoms with van der Waals surface area (Å²) in [6, 6.07) is 6.51. The minimum Gasteiger partial charge on any atom is -0.436 e. The molecule has 21 heavy (non-hydrogen) atoms. The maximum Gasteiger partial charge on any atom is 0.238 e. The fraction of sp³-hybridized carbons (Fsp3) is 0. The Bertz CT molecular complexity index is 842. The number of nitrogens with zero attached hydrogens (tertiary/aromatic N) is 2. The molecular weight excluding hydrogens is 349 g/mol. The van der Waals surface area contributed by atoms with Gasteiger partial charge in [0.25, 0.3) is 0 Å². The summed E-state index contributed by atoms with van der Waals surface area (Å²) >= 11 is 3.05. The number of halogens is 4. The molecule has 1 heterocycles. The molecule has 3 aromatic rings. The van der Waals surface area contributed by atoms with Gasteiger partial charge in [0.05, 0.1) is 16.2 Å². The third kappa shape index (κ3) is 2.56. The Morgan fingerprint density at radius 3 is 2.62 bits per heavy atom. The van der Waals surface area contributed by atoms with Crippen LogP contribution in [0.1, 0.15) is 0 Å². The van der Waals surface area contributed by atoms with E-state index in [1.165, 1.54) is 24.3 Å². The Kier molecular flexibility index (Phi) is 3.50. The van der Waals surface area contributed by atoms with E-state index in [-0.39, 0.29) is 27.1 Å². The van der Waals surface area contributed by atoms with E-state index >= 15 is 0 Å². The van der Waals surface area contributed by atoms with E-state index in [0.29, 0.717) is 0 Å². The Hall–Kier alpha value is -2.15. The van der Waals surface area contributed by atoms with E-state index in [1.54, 1.807) is 0 Å². The standard InChI is InChI=1S/C14H6BrF3N2O/c15-12-7(16)2-1-3-10(12)21-11-6-19-14-9(20-11)5-4-8(17)13(14)18/h1-6H. The molecule has 0 saturated heterocycles. The van der Waals surface area contributed by atoms with Gasteiger partial charge in [-0.15, -0.1) is 0 Å². The van der Waals surface area contributed by atoms with Crippen LogP contribution >= 0.6 is 15.9 Å². The van der Waals surface area contributed by atoms with Crippen molar-refractivity contribution in [3.63, 3.8) is 0 Å². The Morgan fingerprint density at radius 2 is 1.81 bits per heavy atom. The molecule has 0 radical (unpaired) electrons. The summed E-state index contributed by atoms with van der Waals surface area (Å²) in [7, 11) is 0. The molecule has 0 amide bonds. The average Bonchev–Trinajstić information content (AvgIpc) is 2.48. The van der Waals surface area contributed by atoms with Crippen LogP contribution in [0.5, 0.6) is 11.6 Å². The largest absolute Gasteiger partial charge is 0.436 e. The summed E-state index contributed by atoms with van der Waals surface area (Å²) in [5.74, 6) is -2.32. The van der Waals surface area contributed by atoms with Gasteiger partial charge in [-0.1, -0.05) is 6.07 Å². The van der Waals surface area contributed by atoms with E-state index in [1.807, 2.05) is 0 Å². The first-order valence-corrected chi connectivity index (χ1v) is 6.58. The molecule has 1 aromatic heterocycles. The van der Waals surface area contributed by atoms with Crippen molar-refractivity contribution in [2.24, 2.45) is 0 Å². The third-order valence-electron chi connectivity index (χ3n) is 2.71. The summed E-state index contributed by atoms with van der Waals surface area (Å²) in [4.78, 5) is 7.79. The molecular formula is C14H6BrF3N2O. The van der Waals surface area contributed by atoms with E-state index in [9.17, 15) is 13.2 Å². The number of hydrogen-bond acceptors (Lipinski definition) is 3. The molecule has 0 N–H and O–H groups in total. The topological polar surface area (TPSA) is 35.0 Å². The highest BCUT2D eigenvalue weighted by atomic mass is 79.9. The highest BCUT2D eigenvalue weighted by Gasteiger charge is 2.12. The first-order chi connectivity index (χ1) is 10.1. The Balaban J connectivity index is 2.02. The third-order valence-corrected chi connectivity index (χ3v) is 3.48.